The summed E-state index contributed by atoms with van der Waals surface area (Å²) < 4.78 is 5.04. The van der Waals surface area contributed by atoms with Gasteiger partial charge in [0.2, 0.25) is 0 Å². The second-order valence-corrected chi connectivity index (χ2v) is 4.29. The molecule has 1 nitrogen and oxygen atoms in total. The largest absolute Gasteiger partial charge is 0.495 e. The summed E-state index contributed by atoms with van der Waals surface area (Å²) in [6.07, 6.45) is 0. The summed E-state index contributed by atoms with van der Waals surface area (Å²) >= 11 is 13.2. The van der Waals surface area contributed by atoms with E-state index in [9.17, 15) is 0 Å². The zero-order chi connectivity index (χ0) is 9.68. The molecule has 0 spiro atoms. The average molecular weight is 237 g/mol. The highest BCUT2D eigenvalue weighted by Crippen LogP contribution is 2.29. The molecule has 0 aliphatic heterocycles. The lowest BCUT2D eigenvalue weighted by Crippen LogP contribution is -1.85. The Labute approximate surface area is 92.4 Å². The number of ether oxygens (including phenoxy) is 1. The first kappa shape index (κ1) is 11.0. The molecule has 0 amide bonds. The Morgan fingerprint density at radius 3 is 2.77 bits per heavy atom. The number of benzene rings is 1. The van der Waals surface area contributed by atoms with Crippen LogP contribution in [0.3, 0.4) is 0 Å². The molecule has 0 saturated carbocycles. The van der Waals surface area contributed by atoms with Gasteiger partial charge in [0.1, 0.15) is 5.75 Å². The van der Waals surface area contributed by atoms with E-state index in [2.05, 4.69) is 0 Å². The van der Waals surface area contributed by atoms with Crippen molar-refractivity contribution in [3.63, 3.8) is 0 Å². The van der Waals surface area contributed by atoms with Crippen LogP contribution in [0, 0.1) is 0 Å². The SMILES string of the molecule is COc1ccc(SCCCl)cc1Cl. The van der Waals surface area contributed by atoms with Crippen LogP contribution in [0.1, 0.15) is 0 Å². The molecule has 0 heterocycles. The van der Waals surface area contributed by atoms with Crippen LogP contribution in [0.15, 0.2) is 23.1 Å². The zero-order valence-electron chi connectivity index (χ0n) is 7.22. The van der Waals surface area contributed by atoms with E-state index in [1.807, 2.05) is 18.2 Å². The van der Waals surface area contributed by atoms with Gasteiger partial charge in [-0.25, -0.2) is 0 Å². The molecule has 0 radical (unpaired) electrons. The Kier molecular flexibility index (Phi) is 4.78. The van der Waals surface area contributed by atoms with Crippen molar-refractivity contribution in [1.29, 1.82) is 0 Å². The average Bonchev–Trinajstić information content (AvgIpc) is 2.15. The smallest absolute Gasteiger partial charge is 0.137 e. The maximum Gasteiger partial charge on any atom is 0.137 e. The predicted octanol–water partition coefficient (Wildman–Crippen LogP) is 3.68. The summed E-state index contributed by atoms with van der Waals surface area (Å²) in [4.78, 5) is 1.12. The van der Waals surface area contributed by atoms with E-state index in [4.69, 9.17) is 27.9 Å². The summed E-state index contributed by atoms with van der Waals surface area (Å²) in [5, 5.41) is 0.641. The minimum atomic E-state index is 0.641. The van der Waals surface area contributed by atoms with E-state index in [1.54, 1.807) is 18.9 Å². The van der Waals surface area contributed by atoms with E-state index in [0.29, 0.717) is 16.7 Å². The number of methoxy groups -OCH3 is 1. The highest BCUT2D eigenvalue weighted by molar-refractivity contribution is 7.99. The fourth-order valence-electron chi connectivity index (χ4n) is 0.893. The van der Waals surface area contributed by atoms with Crippen molar-refractivity contribution in [3.8, 4) is 5.75 Å². The van der Waals surface area contributed by atoms with Crippen LogP contribution < -0.4 is 4.74 Å². The molecule has 0 bridgehead atoms. The molecule has 0 N–H and O–H groups in total. The number of thioether (sulfide) groups is 1. The van der Waals surface area contributed by atoms with Crippen molar-refractivity contribution in [2.75, 3.05) is 18.7 Å². The van der Waals surface area contributed by atoms with E-state index >= 15 is 0 Å². The second-order valence-electron chi connectivity index (χ2n) is 2.33. The van der Waals surface area contributed by atoms with Gasteiger partial charge in [0.05, 0.1) is 12.1 Å². The van der Waals surface area contributed by atoms with Gasteiger partial charge in [-0.3, -0.25) is 0 Å². The van der Waals surface area contributed by atoms with Gasteiger partial charge in [-0.2, -0.15) is 0 Å². The maximum absolute atomic E-state index is 5.94. The van der Waals surface area contributed by atoms with Crippen molar-refractivity contribution >= 4 is 35.0 Å². The summed E-state index contributed by atoms with van der Waals surface area (Å²) in [6.45, 7) is 0. The highest BCUT2D eigenvalue weighted by atomic mass is 35.5. The van der Waals surface area contributed by atoms with Gasteiger partial charge in [-0.05, 0) is 18.2 Å². The van der Waals surface area contributed by atoms with Crippen molar-refractivity contribution in [2.45, 2.75) is 4.90 Å². The van der Waals surface area contributed by atoms with Crippen LogP contribution in [-0.2, 0) is 0 Å². The molecule has 0 fully saturated rings. The minimum absolute atomic E-state index is 0.641. The van der Waals surface area contributed by atoms with Crippen molar-refractivity contribution in [2.24, 2.45) is 0 Å². The van der Waals surface area contributed by atoms with Gasteiger partial charge < -0.3 is 4.74 Å². The molecular weight excluding hydrogens is 227 g/mol. The van der Waals surface area contributed by atoms with Crippen LogP contribution in [0.2, 0.25) is 5.02 Å². The Morgan fingerprint density at radius 1 is 1.46 bits per heavy atom. The summed E-state index contributed by atoms with van der Waals surface area (Å²) in [7, 11) is 1.60. The number of alkyl halides is 1. The van der Waals surface area contributed by atoms with Crippen LogP contribution >= 0.6 is 35.0 Å². The third-order valence-corrected chi connectivity index (χ3v) is 3.17. The normalized spacial score (nSPS) is 10.1. The highest BCUT2D eigenvalue weighted by Gasteiger charge is 2.01. The molecule has 72 valence electrons. The van der Waals surface area contributed by atoms with Gasteiger partial charge >= 0.3 is 0 Å². The first-order chi connectivity index (χ1) is 6.27. The Bertz CT molecular complexity index is 278. The molecule has 1 aromatic rings. The first-order valence-electron chi connectivity index (χ1n) is 3.80. The number of rotatable bonds is 4. The minimum Gasteiger partial charge on any atom is -0.495 e. The third kappa shape index (κ3) is 3.29. The summed E-state index contributed by atoms with van der Waals surface area (Å²) in [6, 6.07) is 5.72. The standard InChI is InChI=1S/C9H10Cl2OS/c1-12-9-3-2-7(6-8(9)11)13-5-4-10/h2-3,6H,4-5H2,1H3. The van der Waals surface area contributed by atoms with Crippen molar-refractivity contribution in [3.05, 3.63) is 23.2 Å². The Morgan fingerprint density at radius 2 is 2.23 bits per heavy atom. The lowest BCUT2D eigenvalue weighted by molar-refractivity contribution is 0.414. The molecule has 0 aliphatic rings. The van der Waals surface area contributed by atoms with E-state index < -0.39 is 0 Å². The number of hydrogen-bond donors (Lipinski definition) is 0. The first-order valence-corrected chi connectivity index (χ1v) is 5.70. The van der Waals surface area contributed by atoms with E-state index in [0.717, 1.165) is 10.6 Å². The van der Waals surface area contributed by atoms with Gasteiger partial charge in [-0.1, -0.05) is 11.6 Å². The van der Waals surface area contributed by atoms with E-state index in [-0.39, 0.29) is 0 Å². The Balaban J connectivity index is 2.71. The zero-order valence-corrected chi connectivity index (χ0v) is 9.55. The van der Waals surface area contributed by atoms with Crippen molar-refractivity contribution < 1.29 is 4.74 Å². The van der Waals surface area contributed by atoms with E-state index in [1.165, 1.54) is 0 Å². The lowest BCUT2D eigenvalue weighted by Gasteiger charge is -2.04. The molecule has 13 heavy (non-hydrogen) atoms. The monoisotopic (exact) mass is 236 g/mol. The molecular formula is C9H10Cl2OS. The lowest BCUT2D eigenvalue weighted by atomic mass is 10.3. The number of hydrogen-bond acceptors (Lipinski definition) is 2. The topological polar surface area (TPSA) is 9.23 Å². The third-order valence-electron chi connectivity index (χ3n) is 1.47. The fourth-order valence-corrected chi connectivity index (χ4v) is 2.13. The number of halogens is 2. The van der Waals surface area contributed by atoms with Gasteiger partial charge in [0, 0.05) is 16.5 Å². The van der Waals surface area contributed by atoms with Crippen molar-refractivity contribution in [1.82, 2.24) is 0 Å². The van der Waals surface area contributed by atoms with Crippen LogP contribution in [0.5, 0.6) is 5.75 Å². The second kappa shape index (κ2) is 5.63. The van der Waals surface area contributed by atoms with Crippen LogP contribution in [0.25, 0.3) is 0 Å². The fraction of sp³-hybridized carbons (Fsp3) is 0.333. The molecule has 1 aromatic carbocycles. The predicted molar refractivity (Wildman–Crippen MR) is 59.4 cm³/mol. The van der Waals surface area contributed by atoms with Gasteiger partial charge in [0.15, 0.2) is 0 Å². The maximum atomic E-state index is 5.94. The van der Waals surface area contributed by atoms with Gasteiger partial charge in [0.25, 0.3) is 0 Å². The summed E-state index contributed by atoms with van der Waals surface area (Å²) in [5.41, 5.74) is 0. The van der Waals surface area contributed by atoms with Crippen LogP contribution in [0.4, 0.5) is 0 Å². The molecule has 0 aromatic heterocycles. The molecule has 1 rings (SSSR count). The summed E-state index contributed by atoms with van der Waals surface area (Å²) in [5.74, 6) is 2.25. The molecule has 0 aliphatic carbocycles. The quantitative estimate of drug-likeness (QED) is 0.583. The molecule has 4 heteroatoms. The molecule has 0 saturated heterocycles. The Hall–Kier alpha value is -0.0500. The van der Waals surface area contributed by atoms with Crippen LogP contribution in [-0.4, -0.2) is 18.7 Å². The molecule has 0 atom stereocenters. The molecule has 0 unspecified atom stereocenters. The van der Waals surface area contributed by atoms with Gasteiger partial charge in [-0.15, -0.1) is 23.4 Å².